The first kappa shape index (κ1) is 14.9. The van der Waals surface area contributed by atoms with Gasteiger partial charge in [-0.15, -0.1) is 0 Å². The molecular formula is C13H9BrFN3O3. The first-order chi connectivity index (χ1) is 9.88. The Kier molecular flexibility index (Phi) is 4.18. The summed E-state index contributed by atoms with van der Waals surface area (Å²) in [5.74, 6) is -1.31. The second-order valence-corrected chi connectivity index (χ2v) is 4.97. The van der Waals surface area contributed by atoms with Crippen LogP contribution in [0, 0.1) is 15.9 Å². The second kappa shape index (κ2) is 5.88. The lowest BCUT2D eigenvalue weighted by atomic mass is 10.2. The smallest absolute Gasteiger partial charge is 0.271 e. The lowest BCUT2D eigenvalue weighted by molar-refractivity contribution is -0.384. The Labute approximate surface area is 127 Å². The highest BCUT2D eigenvalue weighted by molar-refractivity contribution is 9.10. The second-order valence-electron chi connectivity index (χ2n) is 4.11. The Morgan fingerprint density at radius 2 is 2.00 bits per heavy atom. The SMILES string of the molecule is Nc1ccc(C(=O)Nc2cc([N+](=O)[O-])ccc2Br)cc1F. The fourth-order valence-electron chi connectivity index (χ4n) is 1.59. The molecule has 0 aromatic heterocycles. The molecule has 1 amide bonds. The zero-order valence-electron chi connectivity index (χ0n) is 10.5. The van der Waals surface area contributed by atoms with Crippen LogP contribution in [-0.2, 0) is 0 Å². The number of nitro groups is 1. The van der Waals surface area contributed by atoms with E-state index < -0.39 is 16.6 Å². The highest BCUT2D eigenvalue weighted by Crippen LogP contribution is 2.27. The number of nitrogen functional groups attached to an aromatic ring is 1. The van der Waals surface area contributed by atoms with Crippen LogP contribution in [0.1, 0.15) is 10.4 Å². The number of halogens is 2. The Hall–Kier alpha value is -2.48. The van der Waals surface area contributed by atoms with Crippen molar-refractivity contribution < 1.29 is 14.1 Å². The van der Waals surface area contributed by atoms with E-state index in [0.29, 0.717) is 4.47 Å². The summed E-state index contributed by atoms with van der Waals surface area (Å²) in [5, 5.41) is 13.2. The number of nitro benzene ring substituents is 1. The fourth-order valence-corrected chi connectivity index (χ4v) is 1.93. The first-order valence-corrected chi connectivity index (χ1v) is 6.48. The monoisotopic (exact) mass is 353 g/mol. The minimum Gasteiger partial charge on any atom is -0.396 e. The Morgan fingerprint density at radius 1 is 1.29 bits per heavy atom. The average molecular weight is 354 g/mol. The van der Waals surface area contributed by atoms with Crippen molar-refractivity contribution >= 4 is 38.9 Å². The third kappa shape index (κ3) is 3.34. The third-order valence-corrected chi connectivity index (χ3v) is 3.36. The summed E-state index contributed by atoms with van der Waals surface area (Å²) < 4.78 is 13.8. The molecule has 0 bridgehead atoms. The van der Waals surface area contributed by atoms with Gasteiger partial charge < -0.3 is 11.1 Å². The molecule has 0 saturated heterocycles. The van der Waals surface area contributed by atoms with Gasteiger partial charge in [0.05, 0.1) is 16.3 Å². The summed E-state index contributed by atoms with van der Waals surface area (Å²) in [4.78, 5) is 22.1. The van der Waals surface area contributed by atoms with Gasteiger partial charge in [0, 0.05) is 22.2 Å². The van der Waals surface area contributed by atoms with Crippen molar-refractivity contribution in [1.82, 2.24) is 0 Å². The summed E-state index contributed by atoms with van der Waals surface area (Å²) >= 11 is 3.18. The largest absolute Gasteiger partial charge is 0.396 e. The molecule has 0 aliphatic heterocycles. The van der Waals surface area contributed by atoms with Crippen molar-refractivity contribution in [2.45, 2.75) is 0 Å². The number of non-ortho nitro benzene ring substituents is 1. The normalized spacial score (nSPS) is 10.2. The van der Waals surface area contributed by atoms with E-state index in [1.54, 1.807) is 0 Å². The predicted molar refractivity (Wildman–Crippen MR) is 79.6 cm³/mol. The van der Waals surface area contributed by atoms with Gasteiger partial charge in [-0.25, -0.2) is 4.39 Å². The number of rotatable bonds is 3. The molecule has 2 rings (SSSR count). The minimum atomic E-state index is -0.708. The number of nitrogens with zero attached hydrogens (tertiary/aromatic N) is 1. The lowest BCUT2D eigenvalue weighted by Gasteiger charge is -2.08. The molecule has 0 radical (unpaired) electrons. The van der Waals surface area contributed by atoms with Gasteiger partial charge in [-0.2, -0.15) is 0 Å². The van der Waals surface area contributed by atoms with Crippen molar-refractivity contribution in [3.8, 4) is 0 Å². The average Bonchev–Trinajstić information content (AvgIpc) is 2.43. The van der Waals surface area contributed by atoms with E-state index in [4.69, 9.17) is 5.73 Å². The summed E-state index contributed by atoms with van der Waals surface area (Å²) in [6, 6.07) is 7.57. The third-order valence-electron chi connectivity index (χ3n) is 2.67. The Balaban J connectivity index is 2.28. The number of carbonyl (C=O) groups is 1. The first-order valence-electron chi connectivity index (χ1n) is 5.69. The number of hydrogen-bond donors (Lipinski definition) is 2. The predicted octanol–water partition coefficient (Wildman–Crippen LogP) is 3.33. The van der Waals surface area contributed by atoms with E-state index in [1.165, 1.54) is 30.3 Å². The zero-order chi connectivity index (χ0) is 15.6. The molecule has 0 atom stereocenters. The van der Waals surface area contributed by atoms with Crippen molar-refractivity contribution in [2.24, 2.45) is 0 Å². The number of amides is 1. The topological polar surface area (TPSA) is 98.3 Å². The van der Waals surface area contributed by atoms with Gasteiger partial charge in [-0.3, -0.25) is 14.9 Å². The molecule has 8 heteroatoms. The number of benzene rings is 2. The Bertz CT molecular complexity index is 737. The molecule has 6 nitrogen and oxygen atoms in total. The quantitative estimate of drug-likeness (QED) is 0.502. The zero-order valence-corrected chi connectivity index (χ0v) is 12.1. The summed E-state index contributed by atoms with van der Waals surface area (Å²) in [6.45, 7) is 0. The van der Waals surface area contributed by atoms with Gasteiger partial charge >= 0.3 is 0 Å². The standard InChI is InChI=1S/C13H9BrFN3O3/c14-9-3-2-8(18(20)21)6-12(9)17-13(19)7-1-4-11(16)10(15)5-7/h1-6H,16H2,(H,17,19). The Morgan fingerprint density at radius 3 is 2.62 bits per heavy atom. The number of nitrogens with one attached hydrogen (secondary N) is 1. The highest BCUT2D eigenvalue weighted by atomic mass is 79.9. The molecule has 0 saturated carbocycles. The molecule has 0 fully saturated rings. The molecule has 2 aromatic carbocycles. The van der Waals surface area contributed by atoms with Crippen molar-refractivity contribution in [1.29, 1.82) is 0 Å². The highest BCUT2D eigenvalue weighted by Gasteiger charge is 2.14. The van der Waals surface area contributed by atoms with Gasteiger partial charge in [0.25, 0.3) is 11.6 Å². The van der Waals surface area contributed by atoms with Gasteiger partial charge in [-0.1, -0.05) is 0 Å². The van der Waals surface area contributed by atoms with Crippen LogP contribution in [0.25, 0.3) is 0 Å². The molecular weight excluding hydrogens is 345 g/mol. The van der Waals surface area contributed by atoms with Crippen LogP contribution in [0.3, 0.4) is 0 Å². The molecule has 108 valence electrons. The molecule has 0 aliphatic carbocycles. The van der Waals surface area contributed by atoms with Crippen LogP contribution >= 0.6 is 15.9 Å². The summed E-state index contributed by atoms with van der Waals surface area (Å²) in [5.41, 5.74) is 5.36. The van der Waals surface area contributed by atoms with Crippen LogP contribution in [0.15, 0.2) is 40.9 Å². The van der Waals surface area contributed by atoms with Gasteiger partial charge in [0.1, 0.15) is 5.82 Å². The van der Waals surface area contributed by atoms with E-state index in [2.05, 4.69) is 21.2 Å². The molecule has 0 unspecified atom stereocenters. The van der Waals surface area contributed by atoms with Crippen LogP contribution < -0.4 is 11.1 Å². The molecule has 0 spiro atoms. The van der Waals surface area contributed by atoms with E-state index in [-0.39, 0.29) is 22.6 Å². The summed E-state index contributed by atoms with van der Waals surface area (Å²) in [6.07, 6.45) is 0. The summed E-state index contributed by atoms with van der Waals surface area (Å²) in [7, 11) is 0. The number of anilines is 2. The molecule has 21 heavy (non-hydrogen) atoms. The van der Waals surface area contributed by atoms with Crippen LogP contribution in [0.4, 0.5) is 21.5 Å². The lowest BCUT2D eigenvalue weighted by Crippen LogP contribution is -2.13. The maximum Gasteiger partial charge on any atom is 0.271 e. The van der Waals surface area contributed by atoms with E-state index in [1.807, 2.05) is 0 Å². The maximum atomic E-state index is 13.3. The van der Waals surface area contributed by atoms with E-state index >= 15 is 0 Å². The van der Waals surface area contributed by atoms with Crippen molar-refractivity contribution in [2.75, 3.05) is 11.1 Å². The maximum absolute atomic E-state index is 13.3. The van der Waals surface area contributed by atoms with E-state index in [9.17, 15) is 19.3 Å². The van der Waals surface area contributed by atoms with Gasteiger partial charge in [0.2, 0.25) is 0 Å². The van der Waals surface area contributed by atoms with Crippen LogP contribution in [-0.4, -0.2) is 10.8 Å². The van der Waals surface area contributed by atoms with Gasteiger partial charge in [0.15, 0.2) is 0 Å². The molecule has 2 aromatic rings. The minimum absolute atomic E-state index is 0.0557. The van der Waals surface area contributed by atoms with Crippen LogP contribution in [0.2, 0.25) is 0 Å². The molecule has 0 aliphatic rings. The molecule has 0 heterocycles. The number of carbonyl (C=O) groups excluding carboxylic acids is 1. The van der Waals surface area contributed by atoms with Crippen molar-refractivity contribution in [3.63, 3.8) is 0 Å². The van der Waals surface area contributed by atoms with Gasteiger partial charge in [-0.05, 0) is 40.2 Å². The fraction of sp³-hybridized carbons (Fsp3) is 0. The van der Waals surface area contributed by atoms with Crippen molar-refractivity contribution in [3.05, 3.63) is 62.4 Å². The number of hydrogen-bond acceptors (Lipinski definition) is 4. The van der Waals surface area contributed by atoms with Crippen LogP contribution in [0.5, 0.6) is 0 Å². The number of nitrogens with two attached hydrogens (primary N) is 1. The molecule has 3 N–H and O–H groups in total. The van der Waals surface area contributed by atoms with E-state index in [0.717, 1.165) is 6.07 Å².